The number of nitrogens with one attached hydrogen (secondary N) is 1. The number of nitrogens with zero attached hydrogens (tertiary/aromatic N) is 1. The Bertz CT molecular complexity index is 340. The van der Waals surface area contributed by atoms with E-state index in [0.29, 0.717) is 0 Å². The van der Waals surface area contributed by atoms with Gasteiger partial charge in [-0.15, -0.1) is 12.3 Å². The smallest absolute Gasteiger partial charge is 0.141 e. The van der Waals surface area contributed by atoms with Crippen molar-refractivity contribution < 1.29 is 4.39 Å². The maximum Gasteiger partial charge on any atom is 0.141 e. The molecule has 0 saturated heterocycles. The van der Waals surface area contributed by atoms with Gasteiger partial charge in [0.1, 0.15) is 5.82 Å². The van der Waals surface area contributed by atoms with Crippen molar-refractivity contribution in [1.82, 2.24) is 10.3 Å². The van der Waals surface area contributed by atoms with E-state index in [2.05, 4.69) is 23.1 Å². The molecule has 1 aromatic heterocycles. The second-order valence-corrected chi connectivity index (χ2v) is 3.62. The fourth-order valence-electron chi connectivity index (χ4n) is 1.52. The summed E-state index contributed by atoms with van der Waals surface area (Å²) in [7, 11) is 0. The van der Waals surface area contributed by atoms with Crippen LogP contribution in [0.15, 0.2) is 18.3 Å². The molecule has 1 unspecified atom stereocenters. The first-order valence-corrected chi connectivity index (χ1v) is 5.56. The summed E-state index contributed by atoms with van der Waals surface area (Å²) in [5, 5.41) is 3.36. The minimum absolute atomic E-state index is 0.179. The molecule has 0 aliphatic rings. The molecular weight excluding hydrogens is 203 g/mol. The summed E-state index contributed by atoms with van der Waals surface area (Å²) in [5.41, 5.74) is 0.879. The summed E-state index contributed by atoms with van der Waals surface area (Å²) >= 11 is 0. The first-order valence-electron chi connectivity index (χ1n) is 5.56. The normalized spacial score (nSPS) is 12.1. The number of pyridine rings is 1. The van der Waals surface area contributed by atoms with Gasteiger partial charge in [-0.2, -0.15) is 0 Å². The average molecular weight is 220 g/mol. The minimum atomic E-state index is -0.300. The van der Waals surface area contributed by atoms with E-state index in [-0.39, 0.29) is 11.9 Å². The molecule has 0 radical (unpaired) electrons. The molecule has 0 fully saturated rings. The first-order chi connectivity index (χ1) is 7.77. The van der Waals surface area contributed by atoms with Crippen molar-refractivity contribution in [2.24, 2.45) is 0 Å². The maximum atomic E-state index is 12.7. The highest BCUT2D eigenvalue weighted by Crippen LogP contribution is 2.13. The van der Waals surface area contributed by atoms with Crippen LogP contribution in [0.2, 0.25) is 0 Å². The van der Waals surface area contributed by atoms with Crippen LogP contribution < -0.4 is 5.32 Å². The van der Waals surface area contributed by atoms with Gasteiger partial charge in [-0.05, 0) is 31.5 Å². The number of halogens is 1. The minimum Gasteiger partial charge on any atom is -0.309 e. The molecule has 3 heteroatoms. The number of unbranched alkanes of at least 4 members (excludes halogenated alkanes) is 1. The molecule has 0 saturated carbocycles. The van der Waals surface area contributed by atoms with Crippen LogP contribution in [0.4, 0.5) is 4.39 Å². The van der Waals surface area contributed by atoms with Crippen molar-refractivity contribution in [3.8, 4) is 12.3 Å². The first kappa shape index (κ1) is 12.7. The van der Waals surface area contributed by atoms with Gasteiger partial charge in [-0.1, -0.05) is 6.92 Å². The number of rotatable bonds is 6. The van der Waals surface area contributed by atoms with Crippen LogP contribution in [-0.4, -0.2) is 11.5 Å². The van der Waals surface area contributed by atoms with Gasteiger partial charge in [0.25, 0.3) is 0 Å². The average Bonchev–Trinajstić information content (AvgIpc) is 2.31. The van der Waals surface area contributed by atoms with E-state index in [1.54, 1.807) is 6.07 Å². The van der Waals surface area contributed by atoms with Gasteiger partial charge < -0.3 is 5.32 Å². The summed E-state index contributed by atoms with van der Waals surface area (Å²) in [6, 6.07) is 3.34. The molecule has 16 heavy (non-hydrogen) atoms. The third-order valence-corrected chi connectivity index (χ3v) is 2.40. The Morgan fingerprint density at radius 3 is 2.94 bits per heavy atom. The lowest BCUT2D eigenvalue weighted by Gasteiger charge is -2.15. The van der Waals surface area contributed by atoms with Crippen molar-refractivity contribution in [2.75, 3.05) is 6.54 Å². The molecule has 2 nitrogen and oxygen atoms in total. The Balaban J connectivity index is 2.48. The molecule has 0 aromatic carbocycles. The Hall–Kier alpha value is -1.40. The predicted octanol–water partition coefficient (Wildman–Crippen LogP) is 2.67. The van der Waals surface area contributed by atoms with Gasteiger partial charge in [-0.3, -0.25) is 4.98 Å². The van der Waals surface area contributed by atoms with E-state index in [1.807, 2.05) is 0 Å². The molecule has 0 bridgehead atoms. The zero-order valence-electron chi connectivity index (χ0n) is 9.54. The zero-order chi connectivity index (χ0) is 11.8. The van der Waals surface area contributed by atoms with Crippen LogP contribution in [0.3, 0.4) is 0 Å². The largest absolute Gasteiger partial charge is 0.309 e. The maximum absolute atomic E-state index is 12.7. The predicted molar refractivity (Wildman–Crippen MR) is 63.3 cm³/mol. The van der Waals surface area contributed by atoms with E-state index in [4.69, 9.17) is 6.42 Å². The molecule has 1 heterocycles. The van der Waals surface area contributed by atoms with Crippen molar-refractivity contribution in [1.29, 1.82) is 0 Å². The molecule has 0 aliphatic carbocycles. The summed E-state index contributed by atoms with van der Waals surface area (Å²) < 4.78 is 12.7. The summed E-state index contributed by atoms with van der Waals surface area (Å²) in [6.45, 7) is 2.94. The van der Waals surface area contributed by atoms with Crippen LogP contribution in [0.5, 0.6) is 0 Å². The number of hydrogen-bond acceptors (Lipinski definition) is 2. The SMILES string of the molecule is C#CCCCNC(CC)c1ccc(F)cn1. The molecule has 1 N–H and O–H groups in total. The van der Waals surface area contributed by atoms with E-state index in [9.17, 15) is 4.39 Å². The topological polar surface area (TPSA) is 24.9 Å². The van der Waals surface area contributed by atoms with Gasteiger partial charge in [0.05, 0.1) is 11.9 Å². The third-order valence-electron chi connectivity index (χ3n) is 2.40. The molecule has 86 valence electrons. The molecule has 0 aliphatic heterocycles. The van der Waals surface area contributed by atoms with Crippen molar-refractivity contribution in [3.05, 3.63) is 29.8 Å². The number of aromatic nitrogens is 1. The molecule has 1 rings (SSSR count). The van der Waals surface area contributed by atoms with E-state index in [0.717, 1.165) is 31.5 Å². The fourth-order valence-corrected chi connectivity index (χ4v) is 1.52. The zero-order valence-corrected chi connectivity index (χ0v) is 9.54. The number of terminal acetylenes is 1. The highest BCUT2D eigenvalue weighted by Gasteiger charge is 2.09. The van der Waals surface area contributed by atoms with E-state index < -0.39 is 0 Å². The molecular formula is C13H17FN2. The van der Waals surface area contributed by atoms with Crippen molar-refractivity contribution in [3.63, 3.8) is 0 Å². The Morgan fingerprint density at radius 1 is 1.56 bits per heavy atom. The van der Waals surface area contributed by atoms with Crippen LogP contribution >= 0.6 is 0 Å². The second-order valence-electron chi connectivity index (χ2n) is 3.62. The summed E-state index contributed by atoms with van der Waals surface area (Å²) in [6.07, 6.45) is 9.08. The second kappa shape index (κ2) is 6.97. The third kappa shape index (κ3) is 4.00. The lowest BCUT2D eigenvalue weighted by molar-refractivity contribution is 0.499. The standard InChI is InChI=1S/C13H17FN2/c1-3-5-6-9-15-12(4-2)13-8-7-11(14)10-16-13/h1,7-8,10,12,15H,4-6,9H2,2H3. The lowest BCUT2D eigenvalue weighted by atomic mass is 10.1. The van der Waals surface area contributed by atoms with Crippen LogP contribution in [0, 0.1) is 18.2 Å². The Labute approximate surface area is 96.3 Å². The van der Waals surface area contributed by atoms with Gasteiger partial charge in [-0.25, -0.2) is 4.39 Å². The van der Waals surface area contributed by atoms with Crippen LogP contribution in [0.25, 0.3) is 0 Å². The van der Waals surface area contributed by atoms with Crippen molar-refractivity contribution >= 4 is 0 Å². The molecule has 1 atom stereocenters. The van der Waals surface area contributed by atoms with E-state index in [1.165, 1.54) is 12.3 Å². The fraction of sp³-hybridized carbons (Fsp3) is 0.462. The van der Waals surface area contributed by atoms with Gasteiger partial charge in [0.15, 0.2) is 0 Å². The lowest BCUT2D eigenvalue weighted by Crippen LogP contribution is -2.22. The van der Waals surface area contributed by atoms with Gasteiger partial charge in [0.2, 0.25) is 0 Å². The Kier molecular flexibility index (Phi) is 5.52. The highest BCUT2D eigenvalue weighted by atomic mass is 19.1. The van der Waals surface area contributed by atoms with Crippen LogP contribution in [0.1, 0.15) is 37.9 Å². The highest BCUT2D eigenvalue weighted by molar-refractivity contribution is 5.09. The van der Waals surface area contributed by atoms with Gasteiger partial charge >= 0.3 is 0 Å². The van der Waals surface area contributed by atoms with Crippen molar-refractivity contribution in [2.45, 2.75) is 32.2 Å². The van der Waals surface area contributed by atoms with Gasteiger partial charge in [0, 0.05) is 12.5 Å². The summed E-state index contributed by atoms with van der Waals surface area (Å²) in [5.74, 6) is 2.30. The molecule has 1 aromatic rings. The number of hydrogen-bond donors (Lipinski definition) is 1. The molecule has 0 amide bonds. The quantitative estimate of drug-likeness (QED) is 0.589. The van der Waals surface area contributed by atoms with E-state index >= 15 is 0 Å². The Morgan fingerprint density at radius 2 is 2.38 bits per heavy atom. The summed E-state index contributed by atoms with van der Waals surface area (Å²) in [4.78, 5) is 4.07. The molecule has 0 spiro atoms. The monoisotopic (exact) mass is 220 g/mol. The van der Waals surface area contributed by atoms with Crippen LogP contribution in [-0.2, 0) is 0 Å².